The lowest BCUT2D eigenvalue weighted by atomic mass is 10.0. The molecule has 0 aromatic heterocycles. The fourth-order valence-corrected chi connectivity index (χ4v) is 4.28. The number of anilines is 2. The molecule has 0 saturated carbocycles. The van der Waals surface area contributed by atoms with Gasteiger partial charge in [0.2, 0.25) is 5.91 Å². The van der Waals surface area contributed by atoms with Crippen LogP contribution >= 0.6 is 11.6 Å². The second-order valence-corrected chi connectivity index (χ2v) is 8.49. The molecule has 1 saturated heterocycles. The van der Waals surface area contributed by atoms with Crippen molar-refractivity contribution < 1.29 is 9.59 Å². The Balaban J connectivity index is 1.55. The van der Waals surface area contributed by atoms with Gasteiger partial charge in [0.1, 0.15) is 0 Å². The molecule has 4 rings (SSSR count). The largest absolute Gasteiger partial charge is 0.366 e. The van der Waals surface area contributed by atoms with E-state index < -0.39 is 0 Å². The van der Waals surface area contributed by atoms with Crippen LogP contribution in [0.25, 0.3) is 10.8 Å². The molecule has 1 aliphatic heterocycles. The van der Waals surface area contributed by atoms with E-state index in [1.807, 2.05) is 79.4 Å². The van der Waals surface area contributed by atoms with Crippen LogP contribution in [0.3, 0.4) is 0 Å². The van der Waals surface area contributed by atoms with Gasteiger partial charge in [-0.25, -0.2) is 0 Å². The quantitative estimate of drug-likeness (QED) is 0.623. The fourth-order valence-electron chi connectivity index (χ4n) is 4.05. The number of nitrogens with zero attached hydrogens (tertiary/aromatic N) is 2. The van der Waals surface area contributed by atoms with Crippen molar-refractivity contribution in [3.8, 4) is 0 Å². The van der Waals surface area contributed by atoms with Crippen molar-refractivity contribution in [2.75, 3.05) is 36.4 Å². The highest BCUT2D eigenvalue weighted by molar-refractivity contribution is 6.36. The molecule has 0 unspecified atom stereocenters. The normalized spacial score (nSPS) is 14.2. The summed E-state index contributed by atoms with van der Waals surface area (Å²) >= 11 is 6.31. The lowest BCUT2D eigenvalue weighted by Gasteiger charge is -2.37. The van der Waals surface area contributed by atoms with Crippen molar-refractivity contribution in [3.63, 3.8) is 0 Å². The van der Waals surface area contributed by atoms with Crippen LogP contribution in [0.2, 0.25) is 5.02 Å². The number of nitrogens with one attached hydrogen (secondary N) is 1. The van der Waals surface area contributed by atoms with Crippen LogP contribution in [-0.4, -0.2) is 42.9 Å². The van der Waals surface area contributed by atoms with E-state index in [0.29, 0.717) is 23.7 Å². The summed E-state index contributed by atoms with van der Waals surface area (Å²) < 4.78 is 0. The molecule has 1 heterocycles. The summed E-state index contributed by atoms with van der Waals surface area (Å²) in [7, 11) is 0. The molecule has 1 fully saturated rings. The zero-order chi connectivity index (χ0) is 22.0. The minimum Gasteiger partial charge on any atom is -0.366 e. The van der Waals surface area contributed by atoms with E-state index in [4.69, 9.17) is 11.6 Å². The summed E-state index contributed by atoms with van der Waals surface area (Å²) in [6.45, 7) is 6.69. The van der Waals surface area contributed by atoms with Crippen LogP contribution < -0.4 is 10.2 Å². The molecule has 1 aliphatic rings. The SMILES string of the molecule is CC(C)C(=O)N1CCN(c2ccccc2NC(=O)c2cccc3c(Cl)cccc23)CC1. The number of carbonyl (C=O) groups excluding carboxylic acids is 2. The number of carbonyl (C=O) groups is 2. The number of hydrogen-bond donors (Lipinski definition) is 1. The van der Waals surface area contributed by atoms with Crippen LogP contribution in [0.4, 0.5) is 11.4 Å². The van der Waals surface area contributed by atoms with Crippen LogP contribution in [0.5, 0.6) is 0 Å². The van der Waals surface area contributed by atoms with Gasteiger partial charge in [0.15, 0.2) is 0 Å². The Morgan fingerprint density at radius 3 is 2.29 bits per heavy atom. The Hall–Kier alpha value is -3.05. The van der Waals surface area contributed by atoms with Gasteiger partial charge in [-0.15, -0.1) is 0 Å². The van der Waals surface area contributed by atoms with Crippen molar-refractivity contribution in [3.05, 3.63) is 71.2 Å². The summed E-state index contributed by atoms with van der Waals surface area (Å²) in [5.74, 6) is 0.0251. The first kappa shape index (κ1) is 21.2. The van der Waals surface area contributed by atoms with Crippen molar-refractivity contribution in [2.24, 2.45) is 5.92 Å². The second-order valence-electron chi connectivity index (χ2n) is 8.08. The van der Waals surface area contributed by atoms with E-state index in [-0.39, 0.29) is 17.7 Å². The maximum Gasteiger partial charge on any atom is 0.256 e. The van der Waals surface area contributed by atoms with Gasteiger partial charge in [-0.05, 0) is 29.7 Å². The molecule has 31 heavy (non-hydrogen) atoms. The molecule has 160 valence electrons. The third-order valence-electron chi connectivity index (χ3n) is 5.69. The predicted octanol–water partition coefficient (Wildman–Crippen LogP) is 5.05. The smallest absolute Gasteiger partial charge is 0.256 e. The number of rotatable bonds is 4. The summed E-state index contributed by atoms with van der Waals surface area (Å²) in [5, 5.41) is 5.39. The molecule has 0 bridgehead atoms. The van der Waals surface area contributed by atoms with Crippen molar-refractivity contribution in [1.29, 1.82) is 0 Å². The maximum atomic E-state index is 13.2. The van der Waals surface area contributed by atoms with Crippen molar-refractivity contribution in [2.45, 2.75) is 13.8 Å². The zero-order valence-corrected chi connectivity index (χ0v) is 18.5. The molecule has 5 nitrogen and oxygen atoms in total. The van der Waals surface area contributed by atoms with E-state index in [9.17, 15) is 9.59 Å². The minimum absolute atomic E-state index is 0.00678. The van der Waals surface area contributed by atoms with Crippen LogP contribution in [-0.2, 0) is 4.79 Å². The number of para-hydroxylation sites is 2. The average Bonchev–Trinajstić information content (AvgIpc) is 2.79. The Morgan fingerprint density at radius 2 is 1.55 bits per heavy atom. The molecular formula is C25H26ClN3O2. The van der Waals surface area contributed by atoms with E-state index in [2.05, 4.69) is 10.2 Å². The van der Waals surface area contributed by atoms with Gasteiger partial charge >= 0.3 is 0 Å². The van der Waals surface area contributed by atoms with Crippen LogP contribution in [0, 0.1) is 5.92 Å². The lowest BCUT2D eigenvalue weighted by Crippen LogP contribution is -2.50. The van der Waals surface area contributed by atoms with Gasteiger partial charge < -0.3 is 15.1 Å². The van der Waals surface area contributed by atoms with Crippen LogP contribution in [0.15, 0.2) is 60.7 Å². The Labute approximate surface area is 187 Å². The molecule has 1 N–H and O–H groups in total. The van der Waals surface area contributed by atoms with Gasteiger partial charge in [-0.2, -0.15) is 0 Å². The predicted molar refractivity (Wildman–Crippen MR) is 127 cm³/mol. The summed E-state index contributed by atoms with van der Waals surface area (Å²) in [5.41, 5.74) is 2.31. The third-order valence-corrected chi connectivity index (χ3v) is 6.02. The molecule has 0 spiro atoms. The van der Waals surface area contributed by atoms with E-state index >= 15 is 0 Å². The van der Waals surface area contributed by atoms with Gasteiger partial charge in [-0.3, -0.25) is 9.59 Å². The van der Waals surface area contributed by atoms with Crippen molar-refractivity contribution >= 4 is 45.6 Å². The molecular weight excluding hydrogens is 410 g/mol. The number of piperazine rings is 1. The molecule has 0 aliphatic carbocycles. The van der Waals surface area contributed by atoms with E-state index in [1.54, 1.807) is 0 Å². The highest BCUT2D eigenvalue weighted by Gasteiger charge is 2.24. The monoisotopic (exact) mass is 435 g/mol. The standard InChI is InChI=1S/C25H26ClN3O2/c1-17(2)25(31)29-15-13-28(14-16-29)23-12-4-3-11-22(23)27-24(30)20-9-5-8-19-18(20)7-6-10-21(19)26/h3-12,17H,13-16H2,1-2H3,(H,27,30). The highest BCUT2D eigenvalue weighted by Crippen LogP contribution is 2.30. The van der Waals surface area contributed by atoms with Gasteiger partial charge in [0.05, 0.1) is 11.4 Å². The number of hydrogen-bond acceptors (Lipinski definition) is 3. The summed E-state index contributed by atoms with van der Waals surface area (Å²) in [4.78, 5) is 29.6. The fraction of sp³-hybridized carbons (Fsp3) is 0.280. The van der Waals surface area contributed by atoms with Crippen LogP contribution in [0.1, 0.15) is 24.2 Å². The first-order valence-electron chi connectivity index (χ1n) is 10.6. The average molecular weight is 436 g/mol. The highest BCUT2D eigenvalue weighted by atomic mass is 35.5. The topological polar surface area (TPSA) is 52.7 Å². The number of benzene rings is 3. The Morgan fingerprint density at radius 1 is 0.871 bits per heavy atom. The van der Waals surface area contributed by atoms with E-state index in [0.717, 1.165) is 35.2 Å². The number of fused-ring (bicyclic) bond motifs is 1. The molecule has 6 heteroatoms. The summed E-state index contributed by atoms with van der Waals surface area (Å²) in [6, 6.07) is 19.0. The first-order valence-corrected chi connectivity index (χ1v) is 10.9. The number of amides is 2. The first-order chi connectivity index (χ1) is 15.0. The summed E-state index contributed by atoms with van der Waals surface area (Å²) in [6.07, 6.45) is 0. The molecule has 3 aromatic carbocycles. The maximum absolute atomic E-state index is 13.2. The Kier molecular flexibility index (Phi) is 6.14. The van der Waals surface area contributed by atoms with Crippen molar-refractivity contribution in [1.82, 2.24) is 4.90 Å². The molecule has 2 amide bonds. The number of halogens is 1. The Bertz CT molecular complexity index is 1120. The third kappa shape index (κ3) is 4.37. The lowest BCUT2D eigenvalue weighted by molar-refractivity contribution is -0.134. The molecule has 3 aromatic rings. The second kappa shape index (κ2) is 8.98. The van der Waals surface area contributed by atoms with Gasteiger partial charge in [0.25, 0.3) is 5.91 Å². The van der Waals surface area contributed by atoms with Gasteiger partial charge in [0, 0.05) is 48.1 Å². The minimum atomic E-state index is -0.172. The molecule has 0 radical (unpaired) electrons. The molecule has 0 atom stereocenters. The zero-order valence-electron chi connectivity index (χ0n) is 17.8. The van der Waals surface area contributed by atoms with E-state index in [1.165, 1.54) is 0 Å². The van der Waals surface area contributed by atoms with Gasteiger partial charge in [-0.1, -0.05) is 61.8 Å².